The Hall–Kier alpha value is -2.06. The third kappa shape index (κ3) is 3.00. The summed E-state index contributed by atoms with van der Waals surface area (Å²) in [5.74, 6) is -1.57. The summed E-state index contributed by atoms with van der Waals surface area (Å²) < 4.78 is 5.10. The third-order valence-electron chi connectivity index (χ3n) is 5.74. The first-order valence-electron chi connectivity index (χ1n) is 8.98. The summed E-state index contributed by atoms with van der Waals surface area (Å²) in [6, 6.07) is 6.20. The van der Waals surface area contributed by atoms with Crippen molar-refractivity contribution in [3.8, 4) is 5.75 Å². The van der Waals surface area contributed by atoms with E-state index in [-0.39, 0.29) is 30.2 Å². The van der Waals surface area contributed by atoms with E-state index < -0.39 is 23.3 Å². The number of benzene rings is 1. The molecule has 0 bridgehead atoms. The molecule has 2 heterocycles. The van der Waals surface area contributed by atoms with Crippen molar-refractivity contribution >= 4 is 29.5 Å². The van der Waals surface area contributed by atoms with Gasteiger partial charge in [-0.3, -0.25) is 14.5 Å². The average Bonchev–Trinajstić information content (AvgIpc) is 3.14. The third-order valence-corrected chi connectivity index (χ3v) is 6.35. The minimum Gasteiger partial charge on any atom is -0.508 e. The van der Waals surface area contributed by atoms with Crippen molar-refractivity contribution in [3.63, 3.8) is 0 Å². The van der Waals surface area contributed by atoms with Crippen molar-refractivity contribution in [1.29, 1.82) is 0 Å². The second-order valence-electron chi connectivity index (χ2n) is 6.98. The topological polar surface area (TPSA) is 101 Å². The maximum absolute atomic E-state index is 13.1. The van der Waals surface area contributed by atoms with Crippen LogP contribution in [-0.4, -0.2) is 59.0 Å². The number of imide groups is 1. The zero-order chi connectivity index (χ0) is 19.8. The van der Waals surface area contributed by atoms with Crippen LogP contribution < -0.4 is 5.32 Å². The Morgan fingerprint density at radius 3 is 2.52 bits per heavy atom. The first kappa shape index (κ1) is 19.7. The number of hydrogen-bond donors (Lipinski definition) is 2. The van der Waals surface area contributed by atoms with E-state index in [1.165, 1.54) is 12.0 Å². The highest BCUT2D eigenvalue weighted by Crippen LogP contribution is 2.46. The van der Waals surface area contributed by atoms with Crippen LogP contribution in [0.3, 0.4) is 0 Å². The number of methoxy groups -OCH3 is 1. The lowest BCUT2D eigenvalue weighted by Gasteiger charge is -2.29. The van der Waals surface area contributed by atoms with E-state index in [1.54, 1.807) is 43.0 Å². The molecule has 0 unspecified atom stereocenters. The Morgan fingerprint density at radius 1 is 1.30 bits per heavy atom. The number of esters is 1. The number of likely N-dealkylation sites (tertiary alicyclic amines) is 1. The van der Waals surface area contributed by atoms with Gasteiger partial charge in [0.05, 0.1) is 7.11 Å². The van der Waals surface area contributed by atoms with E-state index in [0.717, 1.165) is 5.56 Å². The molecule has 0 radical (unpaired) electrons. The number of rotatable bonds is 6. The van der Waals surface area contributed by atoms with Crippen molar-refractivity contribution in [2.24, 2.45) is 11.8 Å². The fourth-order valence-electron chi connectivity index (χ4n) is 4.49. The average molecular weight is 393 g/mol. The molecule has 1 aromatic rings. The molecular weight excluding hydrogens is 368 g/mol. The predicted molar refractivity (Wildman–Crippen MR) is 99.9 cm³/mol. The lowest BCUT2D eigenvalue weighted by atomic mass is 9.78. The molecule has 7 nitrogen and oxygen atoms in total. The molecule has 146 valence electrons. The first-order valence-corrected chi connectivity index (χ1v) is 10.4. The fraction of sp³-hybridized carbons (Fsp3) is 0.526. The molecule has 2 fully saturated rings. The SMILES string of the molecule is CCN1C(=O)[C@H]2[C@@H](C1=O)[C@](CCSC)(C(=O)OC)[NH2+][C@H]2c1ccc(O)cc1. The Balaban J connectivity index is 2.12. The van der Waals surface area contributed by atoms with Crippen molar-refractivity contribution in [2.75, 3.05) is 25.7 Å². The Morgan fingerprint density at radius 2 is 1.96 bits per heavy atom. The molecule has 1 aromatic carbocycles. The van der Waals surface area contributed by atoms with Crippen LogP contribution in [0.4, 0.5) is 0 Å². The summed E-state index contributed by atoms with van der Waals surface area (Å²) in [5.41, 5.74) is -0.321. The van der Waals surface area contributed by atoms with Gasteiger partial charge in [0.2, 0.25) is 17.4 Å². The van der Waals surface area contributed by atoms with Crippen LogP contribution in [0.1, 0.15) is 24.9 Å². The number of nitrogens with zero attached hydrogens (tertiary/aromatic N) is 1. The largest absolute Gasteiger partial charge is 0.508 e. The lowest BCUT2D eigenvalue weighted by Crippen LogP contribution is -2.98. The second kappa shape index (κ2) is 7.52. The van der Waals surface area contributed by atoms with E-state index in [1.807, 2.05) is 11.6 Å². The molecule has 0 aromatic heterocycles. The molecule has 3 N–H and O–H groups in total. The van der Waals surface area contributed by atoms with Gasteiger partial charge in [0, 0.05) is 18.5 Å². The number of hydrogen-bond acceptors (Lipinski definition) is 6. The normalized spacial score (nSPS) is 29.9. The Kier molecular flexibility index (Phi) is 5.48. The summed E-state index contributed by atoms with van der Waals surface area (Å²) in [6.45, 7) is 2.05. The van der Waals surface area contributed by atoms with Crippen LogP contribution in [0.25, 0.3) is 0 Å². The highest BCUT2D eigenvalue weighted by molar-refractivity contribution is 7.98. The summed E-state index contributed by atoms with van der Waals surface area (Å²) in [6.07, 6.45) is 2.38. The van der Waals surface area contributed by atoms with Crippen molar-refractivity contribution in [3.05, 3.63) is 29.8 Å². The summed E-state index contributed by atoms with van der Waals surface area (Å²) in [4.78, 5) is 40.3. The van der Waals surface area contributed by atoms with Gasteiger partial charge in [0.15, 0.2) is 0 Å². The van der Waals surface area contributed by atoms with Gasteiger partial charge in [0.1, 0.15) is 23.6 Å². The van der Waals surface area contributed by atoms with Gasteiger partial charge in [-0.15, -0.1) is 0 Å². The zero-order valence-electron chi connectivity index (χ0n) is 15.7. The standard InChI is InChI=1S/C19H24N2O5S/c1-4-21-16(23)13-14(17(21)24)19(9-10-27-3,18(25)26-2)20-15(13)11-5-7-12(22)8-6-11/h5-8,13-15,20,22H,4,9-10H2,1-3H3/p+1/t13-,14-,15-,19+/m0/s1. The van der Waals surface area contributed by atoms with Crippen LogP contribution >= 0.6 is 11.8 Å². The number of quaternary nitrogens is 1. The monoisotopic (exact) mass is 393 g/mol. The predicted octanol–water partition coefficient (Wildman–Crippen LogP) is 0.296. The highest BCUT2D eigenvalue weighted by atomic mass is 32.2. The van der Waals surface area contributed by atoms with E-state index in [9.17, 15) is 19.5 Å². The molecule has 8 heteroatoms. The number of phenols is 1. The fourth-order valence-corrected chi connectivity index (χ4v) is 5.03. The first-order chi connectivity index (χ1) is 12.9. The molecule has 0 spiro atoms. The number of nitrogens with two attached hydrogens (primary N) is 1. The minimum atomic E-state index is -1.12. The molecule has 4 atom stereocenters. The number of carbonyl (C=O) groups is 3. The quantitative estimate of drug-likeness (QED) is 0.533. The van der Waals surface area contributed by atoms with Gasteiger partial charge in [-0.2, -0.15) is 11.8 Å². The van der Waals surface area contributed by atoms with Gasteiger partial charge in [-0.05, 0) is 43.2 Å². The van der Waals surface area contributed by atoms with Crippen molar-refractivity contribution < 1.29 is 29.5 Å². The lowest BCUT2D eigenvalue weighted by molar-refractivity contribution is -0.734. The molecule has 0 aliphatic carbocycles. The van der Waals surface area contributed by atoms with Crippen LogP contribution in [0.15, 0.2) is 24.3 Å². The van der Waals surface area contributed by atoms with Gasteiger partial charge >= 0.3 is 5.97 Å². The smallest absolute Gasteiger partial charge is 0.368 e. The van der Waals surface area contributed by atoms with Crippen LogP contribution in [0, 0.1) is 11.8 Å². The van der Waals surface area contributed by atoms with E-state index in [0.29, 0.717) is 12.2 Å². The number of carbonyl (C=O) groups excluding carboxylic acids is 3. The minimum absolute atomic E-state index is 0.124. The Labute approximate surface area is 162 Å². The molecule has 2 amide bonds. The number of fused-ring (bicyclic) bond motifs is 1. The highest BCUT2D eigenvalue weighted by Gasteiger charge is 2.71. The van der Waals surface area contributed by atoms with Crippen molar-refractivity contribution in [2.45, 2.75) is 24.9 Å². The number of phenolic OH excluding ortho intramolecular Hbond substituents is 1. The maximum Gasteiger partial charge on any atom is 0.368 e. The number of amides is 2. The van der Waals surface area contributed by atoms with Gasteiger partial charge in [-0.1, -0.05) is 0 Å². The van der Waals surface area contributed by atoms with Crippen LogP contribution in [-0.2, 0) is 19.1 Å². The zero-order valence-corrected chi connectivity index (χ0v) is 16.5. The van der Waals surface area contributed by atoms with Crippen LogP contribution in [0.2, 0.25) is 0 Å². The summed E-state index contributed by atoms with van der Waals surface area (Å²) >= 11 is 1.59. The van der Waals surface area contributed by atoms with Gasteiger partial charge in [0.25, 0.3) is 0 Å². The number of thioether (sulfide) groups is 1. The molecule has 2 aliphatic rings. The van der Waals surface area contributed by atoms with Crippen LogP contribution in [0.5, 0.6) is 5.75 Å². The molecule has 2 aliphatic heterocycles. The van der Waals surface area contributed by atoms with E-state index >= 15 is 0 Å². The van der Waals surface area contributed by atoms with Gasteiger partial charge < -0.3 is 15.2 Å². The number of aromatic hydroxyl groups is 1. The molecule has 2 saturated heterocycles. The maximum atomic E-state index is 13.1. The molecular formula is C19H25N2O5S+. The molecule has 0 saturated carbocycles. The Bertz CT molecular complexity index is 753. The second-order valence-corrected chi connectivity index (χ2v) is 7.97. The van der Waals surface area contributed by atoms with Gasteiger partial charge in [-0.25, -0.2) is 4.79 Å². The molecule has 3 rings (SSSR count). The number of ether oxygens (including phenoxy) is 1. The summed E-state index contributed by atoms with van der Waals surface area (Å²) in [7, 11) is 1.32. The van der Waals surface area contributed by atoms with E-state index in [2.05, 4.69) is 0 Å². The summed E-state index contributed by atoms with van der Waals surface area (Å²) in [5, 5.41) is 11.4. The van der Waals surface area contributed by atoms with Crippen molar-refractivity contribution in [1.82, 2.24) is 4.90 Å². The van der Waals surface area contributed by atoms with E-state index in [4.69, 9.17) is 4.74 Å². The molecule has 27 heavy (non-hydrogen) atoms.